The lowest BCUT2D eigenvalue weighted by molar-refractivity contribution is -0.147. The van der Waals surface area contributed by atoms with E-state index in [1.165, 1.54) is 0 Å². The molecule has 136 valence electrons. The summed E-state index contributed by atoms with van der Waals surface area (Å²) in [5, 5.41) is 5.38. The van der Waals surface area contributed by atoms with Crippen molar-refractivity contribution in [2.75, 3.05) is 17.2 Å². The molecule has 2 aromatic carbocycles. The number of para-hydroxylation sites is 2. The zero-order valence-corrected chi connectivity index (χ0v) is 14.7. The fraction of sp³-hybridized carbons (Fsp3) is 0.250. The van der Waals surface area contributed by atoms with E-state index in [0.29, 0.717) is 23.4 Å². The van der Waals surface area contributed by atoms with Crippen molar-refractivity contribution in [3.8, 4) is 0 Å². The van der Waals surface area contributed by atoms with Gasteiger partial charge in [-0.3, -0.25) is 14.4 Å². The van der Waals surface area contributed by atoms with Crippen LogP contribution in [0.4, 0.5) is 11.4 Å². The highest BCUT2D eigenvalue weighted by atomic mass is 16.5. The molecule has 0 bridgehead atoms. The van der Waals surface area contributed by atoms with Crippen LogP contribution in [-0.4, -0.2) is 24.4 Å². The van der Waals surface area contributed by atoms with Crippen LogP contribution in [0, 0.1) is 0 Å². The van der Waals surface area contributed by atoms with Gasteiger partial charge in [0.25, 0.3) is 11.8 Å². The van der Waals surface area contributed by atoms with E-state index in [-0.39, 0.29) is 12.5 Å². The average molecular weight is 354 g/mol. The summed E-state index contributed by atoms with van der Waals surface area (Å²) in [4.78, 5) is 35.9. The molecule has 0 aliphatic heterocycles. The molecule has 0 unspecified atom stereocenters. The number of amides is 2. The SMILES string of the molecule is CCCCC(=O)OCC(=O)Nc1ccccc1C(=O)Nc1ccccc1. The summed E-state index contributed by atoms with van der Waals surface area (Å²) in [6, 6.07) is 15.7. The largest absolute Gasteiger partial charge is 0.456 e. The molecule has 2 rings (SSSR count). The van der Waals surface area contributed by atoms with Crippen molar-refractivity contribution in [2.24, 2.45) is 0 Å². The van der Waals surface area contributed by atoms with Crippen LogP contribution in [0.2, 0.25) is 0 Å². The van der Waals surface area contributed by atoms with Crippen LogP contribution in [0.3, 0.4) is 0 Å². The van der Waals surface area contributed by atoms with Gasteiger partial charge in [-0.05, 0) is 30.7 Å². The van der Waals surface area contributed by atoms with E-state index in [4.69, 9.17) is 4.74 Å². The zero-order chi connectivity index (χ0) is 18.8. The van der Waals surface area contributed by atoms with Gasteiger partial charge in [0.1, 0.15) is 0 Å². The predicted octanol–water partition coefficient (Wildman–Crippen LogP) is 3.61. The van der Waals surface area contributed by atoms with E-state index in [9.17, 15) is 14.4 Å². The van der Waals surface area contributed by atoms with Crippen molar-refractivity contribution in [2.45, 2.75) is 26.2 Å². The third-order valence-corrected chi connectivity index (χ3v) is 3.58. The van der Waals surface area contributed by atoms with Gasteiger partial charge in [0.2, 0.25) is 0 Å². The molecule has 0 spiro atoms. The van der Waals surface area contributed by atoms with E-state index in [1.807, 2.05) is 25.1 Å². The molecule has 6 nitrogen and oxygen atoms in total. The predicted molar refractivity (Wildman–Crippen MR) is 100.0 cm³/mol. The Hall–Kier alpha value is -3.15. The van der Waals surface area contributed by atoms with E-state index < -0.39 is 11.9 Å². The van der Waals surface area contributed by atoms with Crippen LogP contribution in [0.25, 0.3) is 0 Å². The summed E-state index contributed by atoms with van der Waals surface area (Å²) >= 11 is 0. The van der Waals surface area contributed by atoms with Gasteiger partial charge < -0.3 is 15.4 Å². The number of nitrogens with one attached hydrogen (secondary N) is 2. The lowest BCUT2D eigenvalue weighted by Gasteiger charge is -2.11. The zero-order valence-electron chi connectivity index (χ0n) is 14.7. The van der Waals surface area contributed by atoms with E-state index >= 15 is 0 Å². The Kier molecular flexibility index (Phi) is 7.36. The number of hydrogen-bond donors (Lipinski definition) is 2. The summed E-state index contributed by atoms with van der Waals surface area (Å²) < 4.78 is 4.92. The van der Waals surface area contributed by atoms with Crippen molar-refractivity contribution < 1.29 is 19.1 Å². The fourth-order valence-electron chi connectivity index (χ4n) is 2.24. The van der Waals surface area contributed by atoms with Gasteiger partial charge in [0.15, 0.2) is 6.61 Å². The van der Waals surface area contributed by atoms with Crippen LogP contribution in [0.5, 0.6) is 0 Å². The van der Waals surface area contributed by atoms with Crippen LogP contribution >= 0.6 is 0 Å². The molecule has 26 heavy (non-hydrogen) atoms. The van der Waals surface area contributed by atoms with Crippen molar-refractivity contribution in [3.05, 3.63) is 60.2 Å². The average Bonchev–Trinajstić information content (AvgIpc) is 2.66. The van der Waals surface area contributed by atoms with Gasteiger partial charge in [-0.15, -0.1) is 0 Å². The summed E-state index contributed by atoms with van der Waals surface area (Å²) in [6.45, 7) is 1.59. The molecule has 0 aromatic heterocycles. The maximum atomic E-state index is 12.5. The van der Waals surface area contributed by atoms with Crippen LogP contribution < -0.4 is 10.6 Å². The Morgan fingerprint density at radius 2 is 1.62 bits per heavy atom. The highest BCUT2D eigenvalue weighted by Crippen LogP contribution is 2.17. The molecule has 2 aromatic rings. The number of ether oxygens (including phenoxy) is 1. The highest BCUT2D eigenvalue weighted by molar-refractivity contribution is 6.10. The first kappa shape index (κ1) is 19.2. The Balaban J connectivity index is 1.96. The Morgan fingerprint density at radius 3 is 2.35 bits per heavy atom. The highest BCUT2D eigenvalue weighted by Gasteiger charge is 2.14. The van der Waals surface area contributed by atoms with Crippen molar-refractivity contribution in [1.29, 1.82) is 0 Å². The maximum Gasteiger partial charge on any atom is 0.306 e. The van der Waals surface area contributed by atoms with Gasteiger partial charge in [-0.25, -0.2) is 0 Å². The van der Waals surface area contributed by atoms with Gasteiger partial charge in [0, 0.05) is 12.1 Å². The number of esters is 1. The maximum absolute atomic E-state index is 12.5. The molecule has 6 heteroatoms. The van der Waals surface area contributed by atoms with E-state index in [2.05, 4.69) is 10.6 Å². The fourth-order valence-corrected chi connectivity index (χ4v) is 2.24. The Labute approximate surface area is 152 Å². The van der Waals surface area contributed by atoms with Gasteiger partial charge in [0.05, 0.1) is 11.3 Å². The molecule has 2 N–H and O–H groups in total. The van der Waals surface area contributed by atoms with Gasteiger partial charge in [-0.2, -0.15) is 0 Å². The first-order valence-corrected chi connectivity index (χ1v) is 8.51. The molecule has 0 radical (unpaired) electrons. The number of hydrogen-bond acceptors (Lipinski definition) is 4. The molecule has 0 aliphatic rings. The third kappa shape index (κ3) is 6.05. The quantitative estimate of drug-likeness (QED) is 0.709. The van der Waals surface area contributed by atoms with Crippen LogP contribution in [0.15, 0.2) is 54.6 Å². The van der Waals surface area contributed by atoms with Crippen molar-refractivity contribution in [3.63, 3.8) is 0 Å². The molecule has 0 atom stereocenters. The number of unbranched alkanes of at least 4 members (excludes halogenated alkanes) is 1. The molecule has 0 fully saturated rings. The minimum Gasteiger partial charge on any atom is -0.456 e. The number of anilines is 2. The molecule has 0 saturated heterocycles. The summed E-state index contributed by atoms with van der Waals surface area (Å²) in [5.41, 5.74) is 1.33. The summed E-state index contributed by atoms with van der Waals surface area (Å²) in [7, 11) is 0. The third-order valence-electron chi connectivity index (χ3n) is 3.58. The molecule has 0 aliphatic carbocycles. The molecular weight excluding hydrogens is 332 g/mol. The Bertz CT molecular complexity index is 759. The number of benzene rings is 2. The monoisotopic (exact) mass is 354 g/mol. The standard InChI is InChI=1S/C20H22N2O4/c1-2-3-13-19(24)26-14-18(23)22-17-12-8-7-11-16(17)20(25)21-15-9-5-4-6-10-15/h4-12H,2-3,13-14H2,1H3,(H,21,25)(H,22,23). The summed E-state index contributed by atoms with van der Waals surface area (Å²) in [5.74, 6) is -1.24. The van der Waals surface area contributed by atoms with E-state index in [1.54, 1.807) is 36.4 Å². The molecule has 0 saturated carbocycles. The van der Waals surface area contributed by atoms with Crippen LogP contribution in [-0.2, 0) is 14.3 Å². The number of carbonyl (C=O) groups excluding carboxylic acids is 3. The van der Waals surface area contributed by atoms with Crippen LogP contribution in [0.1, 0.15) is 36.5 Å². The lowest BCUT2D eigenvalue weighted by atomic mass is 10.1. The second-order valence-electron chi connectivity index (χ2n) is 5.68. The van der Waals surface area contributed by atoms with Gasteiger partial charge >= 0.3 is 5.97 Å². The lowest BCUT2D eigenvalue weighted by Crippen LogP contribution is -2.23. The van der Waals surface area contributed by atoms with Crippen molar-refractivity contribution >= 4 is 29.2 Å². The number of carbonyl (C=O) groups is 3. The first-order valence-electron chi connectivity index (χ1n) is 8.51. The minimum atomic E-state index is -0.491. The minimum absolute atomic E-state index is 0.292. The normalized spacial score (nSPS) is 10.0. The molecule has 2 amide bonds. The first-order chi connectivity index (χ1) is 12.6. The van der Waals surface area contributed by atoms with Crippen molar-refractivity contribution in [1.82, 2.24) is 0 Å². The summed E-state index contributed by atoms with van der Waals surface area (Å²) in [6.07, 6.45) is 1.90. The van der Waals surface area contributed by atoms with E-state index in [0.717, 1.165) is 12.8 Å². The topological polar surface area (TPSA) is 84.5 Å². The Morgan fingerprint density at radius 1 is 0.923 bits per heavy atom. The molecule has 0 heterocycles. The second kappa shape index (κ2) is 9.98. The smallest absolute Gasteiger partial charge is 0.306 e. The molecular formula is C20H22N2O4. The van der Waals surface area contributed by atoms with Gasteiger partial charge in [-0.1, -0.05) is 43.7 Å². The second-order valence-corrected chi connectivity index (χ2v) is 5.68. The number of rotatable bonds is 8.